The van der Waals surface area contributed by atoms with Gasteiger partial charge in [0.2, 0.25) is 0 Å². The van der Waals surface area contributed by atoms with Crippen LogP contribution in [0.2, 0.25) is 0 Å². The smallest absolute Gasteiger partial charge is 0.335 e. The molecule has 102 valence electrons. The van der Waals surface area contributed by atoms with Crippen molar-refractivity contribution in [3.05, 3.63) is 65.0 Å². The van der Waals surface area contributed by atoms with Crippen molar-refractivity contribution >= 4 is 11.7 Å². The minimum absolute atomic E-state index is 0.233. The van der Waals surface area contributed by atoms with E-state index in [-0.39, 0.29) is 5.82 Å². The molecule has 0 saturated heterocycles. The van der Waals surface area contributed by atoms with Gasteiger partial charge in [-0.05, 0) is 47.9 Å². The molecule has 1 N–H and O–H groups in total. The molecule has 0 aliphatic carbocycles. The van der Waals surface area contributed by atoms with Crippen LogP contribution < -0.4 is 4.90 Å². The Kier molecular flexibility index (Phi) is 3.14. The first-order valence-corrected chi connectivity index (χ1v) is 6.49. The second-order valence-corrected chi connectivity index (χ2v) is 4.95. The molecule has 3 rings (SSSR count). The van der Waals surface area contributed by atoms with E-state index in [1.807, 2.05) is 12.1 Å². The molecule has 0 amide bonds. The molecule has 0 radical (unpaired) electrons. The van der Waals surface area contributed by atoms with Gasteiger partial charge >= 0.3 is 5.97 Å². The molecule has 1 aliphatic rings. The van der Waals surface area contributed by atoms with Gasteiger partial charge in [0.25, 0.3) is 0 Å². The highest BCUT2D eigenvalue weighted by atomic mass is 19.1. The molecule has 0 unspecified atom stereocenters. The number of fused-ring (bicyclic) bond motifs is 1. The van der Waals surface area contributed by atoms with Gasteiger partial charge in [0, 0.05) is 18.8 Å². The van der Waals surface area contributed by atoms with Crippen LogP contribution in [-0.4, -0.2) is 17.6 Å². The van der Waals surface area contributed by atoms with Gasteiger partial charge in [-0.1, -0.05) is 12.1 Å². The number of carboxylic acid groups (broad SMARTS) is 1. The highest BCUT2D eigenvalue weighted by Crippen LogP contribution is 2.30. The standard InChI is InChI=1S/C16H14FNO2/c17-14-3-1-2-11(8-14)10-18-7-6-12-9-13(16(19)20)4-5-15(12)18/h1-5,8-9H,6-7,10H2,(H,19,20). The van der Waals surface area contributed by atoms with Crippen LogP contribution >= 0.6 is 0 Å². The summed E-state index contributed by atoms with van der Waals surface area (Å²) >= 11 is 0. The average molecular weight is 271 g/mol. The second-order valence-electron chi connectivity index (χ2n) is 4.95. The first-order chi connectivity index (χ1) is 9.63. The van der Waals surface area contributed by atoms with Crippen molar-refractivity contribution in [3.63, 3.8) is 0 Å². The van der Waals surface area contributed by atoms with E-state index in [9.17, 15) is 9.18 Å². The van der Waals surface area contributed by atoms with E-state index in [2.05, 4.69) is 4.90 Å². The van der Waals surface area contributed by atoms with E-state index < -0.39 is 5.97 Å². The SMILES string of the molecule is O=C(O)c1ccc2c(c1)CCN2Cc1cccc(F)c1. The van der Waals surface area contributed by atoms with Crippen LogP contribution in [0.3, 0.4) is 0 Å². The van der Waals surface area contributed by atoms with Gasteiger partial charge in [0.1, 0.15) is 5.82 Å². The molecule has 2 aromatic rings. The summed E-state index contributed by atoms with van der Waals surface area (Å²) in [6.07, 6.45) is 0.825. The average Bonchev–Trinajstić information content (AvgIpc) is 2.81. The Labute approximate surface area is 116 Å². The fraction of sp³-hybridized carbons (Fsp3) is 0.188. The van der Waals surface area contributed by atoms with Crippen LogP contribution in [-0.2, 0) is 13.0 Å². The predicted molar refractivity (Wildman–Crippen MR) is 74.6 cm³/mol. The number of carbonyl (C=O) groups is 1. The number of halogens is 1. The summed E-state index contributed by atoms with van der Waals surface area (Å²) in [5.74, 6) is -1.14. The number of anilines is 1. The van der Waals surface area contributed by atoms with Crippen molar-refractivity contribution in [1.29, 1.82) is 0 Å². The summed E-state index contributed by atoms with van der Waals surface area (Å²) in [6.45, 7) is 1.46. The third-order valence-corrected chi connectivity index (χ3v) is 3.58. The highest BCUT2D eigenvalue weighted by molar-refractivity contribution is 5.88. The molecule has 0 spiro atoms. The Balaban J connectivity index is 1.84. The summed E-state index contributed by atoms with van der Waals surface area (Å²) in [5, 5.41) is 8.99. The van der Waals surface area contributed by atoms with Crippen molar-refractivity contribution in [1.82, 2.24) is 0 Å². The third-order valence-electron chi connectivity index (χ3n) is 3.58. The first kappa shape index (κ1) is 12.7. The Hall–Kier alpha value is -2.36. The maximum Gasteiger partial charge on any atom is 0.335 e. The number of benzene rings is 2. The zero-order chi connectivity index (χ0) is 14.1. The first-order valence-electron chi connectivity index (χ1n) is 6.49. The molecule has 4 heteroatoms. The van der Waals surface area contributed by atoms with E-state index in [0.29, 0.717) is 12.1 Å². The van der Waals surface area contributed by atoms with Gasteiger partial charge in [-0.25, -0.2) is 9.18 Å². The normalized spacial score (nSPS) is 13.3. The maximum absolute atomic E-state index is 13.2. The van der Waals surface area contributed by atoms with E-state index >= 15 is 0 Å². The molecule has 0 aromatic heterocycles. The van der Waals surface area contributed by atoms with Crippen molar-refractivity contribution < 1.29 is 14.3 Å². The molecule has 3 nitrogen and oxygen atoms in total. The van der Waals surface area contributed by atoms with Crippen molar-refractivity contribution in [2.75, 3.05) is 11.4 Å². The van der Waals surface area contributed by atoms with E-state index in [1.165, 1.54) is 12.1 Å². The lowest BCUT2D eigenvalue weighted by atomic mass is 10.1. The highest BCUT2D eigenvalue weighted by Gasteiger charge is 2.20. The van der Waals surface area contributed by atoms with Crippen LogP contribution in [0.5, 0.6) is 0 Å². The number of hydrogen-bond acceptors (Lipinski definition) is 2. The third kappa shape index (κ3) is 2.37. The summed E-state index contributed by atoms with van der Waals surface area (Å²) in [6, 6.07) is 11.7. The van der Waals surface area contributed by atoms with Crippen molar-refractivity contribution in [2.45, 2.75) is 13.0 Å². The number of hydrogen-bond donors (Lipinski definition) is 1. The van der Waals surface area contributed by atoms with Gasteiger partial charge in [0.05, 0.1) is 5.56 Å². The van der Waals surface area contributed by atoms with Gasteiger partial charge in [-0.3, -0.25) is 0 Å². The molecule has 0 atom stereocenters. The molecule has 0 saturated carbocycles. The number of rotatable bonds is 3. The molecule has 1 aliphatic heterocycles. The quantitative estimate of drug-likeness (QED) is 0.932. The largest absolute Gasteiger partial charge is 0.478 e. The summed E-state index contributed by atoms with van der Waals surface area (Å²) in [7, 11) is 0. The lowest BCUT2D eigenvalue weighted by Gasteiger charge is -2.19. The Morgan fingerprint density at radius 2 is 2.10 bits per heavy atom. The van der Waals surface area contributed by atoms with Gasteiger partial charge < -0.3 is 10.0 Å². The van der Waals surface area contributed by atoms with E-state index in [4.69, 9.17) is 5.11 Å². The summed E-state index contributed by atoms with van der Waals surface area (Å²) in [4.78, 5) is 13.1. The maximum atomic E-state index is 13.2. The van der Waals surface area contributed by atoms with Crippen molar-refractivity contribution in [2.24, 2.45) is 0 Å². The van der Waals surface area contributed by atoms with Crippen LogP contribution in [0.4, 0.5) is 10.1 Å². The van der Waals surface area contributed by atoms with Crippen LogP contribution in [0.1, 0.15) is 21.5 Å². The van der Waals surface area contributed by atoms with Crippen molar-refractivity contribution in [3.8, 4) is 0 Å². The summed E-state index contributed by atoms with van der Waals surface area (Å²) in [5.41, 5.74) is 3.32. The molecular formula is C16H14FNO2. The lowest BCUT2D eigenvalue weighted by Crippen LogP contribution is -2.19. The van der Waals surface area contributed by atoms with Crippen LogP contribution in [0, 0.1) is 5.82 Å². The van der Waals surface area contributed by atoms with Gasteiger partial charge in [0.15, 0.2) is 0 Å². The monoisotopic (exact) mass is 271 g/mol. The van der Waals surface area contributed by atoms with Gasteiger partial charge in [-0.15, -0.1) is 0 Å². The zero-order valence-corrected chi connectivity index (χ0v) is 10.8. The molecule has 0 bridgehead atoms. The van der Waals surface area contributed by atoms with Gasteiger partial charge in [-0.2, -0.15) is 0 Å². The lowest BCUT2D eigenvalue weighted by molar-refractivity contribution is 0.0697. The fourth-order valence-electron chi connectivity index (χ4n) is 2.62. The topological polar surface area (TPSA) is 40.5 Å². The van der Waals surface area contributed by atoms with E-state index in [0.717, 1.165) is 29.8 Å². The number of aromatic carboxylic acids is 1. The molecule has 20 heavy (non-hydrogen) atoms. The number of carboxylic acids is 1. The van der Waals surface area contributed by atoms with Crippen LogP contribution in [0.25, 0.3) is 0 Å². The minimum Gasteiger partial charge on any atom is -0.478 e. The Morgan fingerprint density at radius 1 is 1.25 bits per heavy atom. The molecular weight excluding hydrogens is 257 g/mol. The summed E-state index contributed by atoms with van der Waals surface area (Å²) < 4.78 is 13.2. The molecule has 2 aromatic carbocycles. The zero-order valence-electron chi connectivity index (χ0n) is 10.8. The van der Waals surface area contributed by atoms with E-state index in [1.54, 1.807) is 18.2 Å². The molecule has 1 heterocycles. The fourth-order valence-corrected chi connectivity index (χ4v) is 2.62. The molecule has 0 fully saturated rings. The minimum atomic E-state index is -0.906. The predicted octanol–water partition coefficient (Wildman–Crippen LogP) is 3.09. The second kappa shape index (κ2) is 4.96. The number of nitrogens with zero attached hydrogens (tertiary/aromatic N) is 1. The van der Waals surface area contributed by atoms with Crippen LogP contribution in [0.15, 0.2) is 42.5 Å². The Bertz CT molecular complexity index is 669. The Morgan fingerprint density at radius 3 is 2.85 bits per heavy atom.